The lowest BCUT2D eigenvalue weighted by Crippen LogP contribution is -2.34. The van der Waals surface area contributed by atoms with Crippen LogP contribution in [0.2, 0.25) is 0 Å². The molecule has 3 N–H and O–H groups in total. The van der Waals surface area contributed by atoms with Gasteiger partial charge in [-0.1, -0.05) is 15.9 Å². The monoisotopic (exact) mass is 545 g/mol. The zero-order valence-corrected chi connectivity index (χ0v) is 19.1. The van der Waals surface area contributed by atoms with Crippen LogP contribution < -0.4 is 10.6 Å². The van der Waals surface area contributed by atoms with E-state index in [-0.39, 0.29) is 16.8 Å². The third kappa shape index (κ3) is 4.53. The summed E-state index contributed by atoms with van der Waals surface area (Å²) in [5.74, 6) is 0.261. The molecule has 0 unspecified atom stereocenters. The van der Waals surface area contributed by atoms with Crippen LogP contribution in [0.15, 0.2) is 74.0 Å². The molecule has 3 aromatic carbocycles. The zero-order valence-electron chi connectivity index (χ0n) is 15.1. The van der Waals surface area contributed by atoms with E-state index in [0.717, 1.165) is 10.0 Å². The largest absolute Gasteiger partial charge is 0.507 e. The summed E-state index contributed by atoms with van der Waals surface area (Å²) >= 11 is 11.9. The number of hydrogen-bond donors (Lipinski definition) is 3. The van der Waals surface area contributed by atoms with Gasteiger partial charge >= 0.3 is 0 Å². The summed E-state index contributed by atoms with van der Waals surface area (Å²) in [5.41, 5.74) is 3.11. The summed E-state index contributed by atoms with van der Waals surface area (Å²) in [7, 11) is 0. The Labute approximate surface area is 193 Å². The van der Waals surface area contributed by atoms with Crippen LogP contribution in [-0.4, -0.2) is 21.1 Å². The number of thiocarbonyl (C=S) groups is 1. The first-order valence-corrected chi connectivity index (χ1v) is 10.7. The molecular weight excluding hydrogens is 534 g/mol. The quantitative estimate of drug-likeness (QED) is 0.279. The number of halogens is 2. The minimum absolute atomic E-state index is 0.139. The van der Waals surface area contributed by atoms with Gasteiger partial charge in [-0.05, 0) is 88.8 Å². The molecule has 0 aliphatic rings. The lowest BCUT2D eigenvalue weighted by molar-refractivity contribution is 0.0977. The third-order valence-electron chi connectivity index (χ3n) is 4.17. The molecule has 1 heterocycles. The predicted molar refractivity (Wildman–Crippen MR) is 127 cm³/mol. The molecule has 6 nitrogen and oxygen atoms in total. The van der Waals surface area contributed by atoms with Gasteiger partial charge in [0, 0.05) is 21.3 Å². The van der Waals surface area contributed by atoms with Crippen LogP contribution >= 0.6 is 44.1 Å². The molecule has 0 aliphatic heterocycles. The zero-order chi connectivity index (χ0) is 21.3. The molecule has 0 spiro atoms. The number of anilines is 1. The van der Waals surface area contributed by atoms with E-state index >= 15 is 0 Å². The van der Waals surface area contributed by atoms with E-state index in [1.807, 2.05) is 0 Å². The van der Waals surface area contributed by atoms with Crippen molar-refractivity contribution in [2.24, 2.45) is 0 Å². The summed E-state index contributed by atoms with van der Waals surface area (Å²) in [6.45, 7) is 0. The van der Waals surface area contributed by atoms with Gasteiger partial charge in [0.25, 0.3) is 5.91 Å². The normalized spacial score (nSPS) is 10.7. The van der Waals surface area contributed by atoms with E-state index in [9.17, 15) is 9.90 Å². The molecule has 4 aromatic rings. The topological polar surface area (TPSA) is 87.4 Å². The first-order chi connectivity index (χ1) is 14.4. The van der Waals surface area contributed by atoms with Crippen molar-refractivity contribution in [2.45, 2.75) is 0 Å². The summed E-state index contributed by atoms with van der Waals surface area (Å²) in [4.78, 5) is 16.8. The fourth-order valence-electron chi connectivity index (χ4n) is 2.71. The molecule has 0 saturated heterocycles. The predicted octanol–water partition coefficient (Wildman–Crippen LogP) is 5.85. The number of amides is 1. The van der Waals surface area contributed by atoms with E-state index in [4.69, 9.17) is 16.6 Å². The highest BCUT2D eigenvalue weighted by molar-refractivity contribution is 9.10. The van der Waals surface area contributed by atoms with Crippen molar-refractivity contribution in [1.82, 2.24) is 10.3 Å². The maximum Gasteiger partial charge on any atom is 0.257 e. The van der Waals surface area contributed by atoms with Gasteiger partial charge in [0.05, 0.1) is 4.47 Å². The molecule has 30 heavy (non-hydrogen) atoms. The smallest absolute Gasteiger partial charge is 0.257 e. The number of oxazole rings is 1. The fourth-order valence-corrected chi connectivity index (χ4v) is 3.56. The number of rotatable bonds is 3. The molecule has 0 radical (unpaired) electrons. The summed E-state index contributed by atoms with van der Waals surface area (Å²) in [6.07, 6.45) is 0. The highest BCUT2D eigenvalue weighted by Crippen LogP contribution is 2.31. The minimum Gasteiger partial charge on any atom is -0.507 e. The Morgan fingerprint density at radius 1 is 1.03 bits per heavy atom. The van der Waals surface area contributed by atoms with Crippen molar-refractivity contribution in [1.29, 1.82) is 0 Å². The van der Waals surface area contributed by atoms with Crippen molar-refractivity contribution < 1.29 is 14.3 Å². The first-order valence-electron chi connectivity index (χ1n) is 8.66. The number of fused-ring (bicyclic) bond motifs is 1. The van der Waals surface area contributed by atoms with Gasteiger partial charge in [0.1, 0.15) is 11.3 Å². The van der Waals surface area contributed by atoms with Crippen LogP contribution in [0, 0.1) is 0 Å². The minimum atomic E-state index is -0.303. The van der Waals surface area contributed by atoms with E-state index in [1.54, 1.807) is 60.7 Å². The number of phenolic OH excluding ortho intramolecular Hbond substituents is 1. The molecule has 0 saturated carbocycles. The standard InChI is InChI=1S/C21H13Br2N3O3S/c22-13-4-1-11(2-5-13)19(28)26-21(30)24-14-6-8-18-16(10-14)25-20(29-18)12-3-7-17(27)15(23)9-12/h1-10,27H,(H2,24,26,28,30). The van der Waals surface area contributed by atoms with Crippen molar-refractivity contribution in [2.75, 3.05) is 5.32 Å². The third-order valence-corrected chi connectivity index (χ3v) is 5.54. The van der Waals surface area contributed by atoms with Gasteiger partial charge in [-0.25, -0.2) is 4.98 Å². The van der Waals surface area contributed by atoms with Crippen molar-refractivity contribution >= 4 is 71.9 Å². The number of hydrogen-bond acceptors (Lipinski definition) is 5. The lowest BCUT2D eigenvalue weighted by Gasteiger charge is -2.09. The van der Waals surface area contributed by atoms with Crippen molar-refractivity contribution in [3.05, 3.63) is 75.2 Å². The van der Waals surface area contributed by atoms with E-state index in [0.29, 0.717) is 32.7 Å². The second-order valence-corrected chi connectivity index (χ2v) is 8.46. The second-order valence-electron chi connectivity index (χ2n) is 6.28. The molecule has 4 rings (SSSR count). The summed E-state index contributed by atoms with van der Waals surface area (Å²) in [5, 5.41) is 15.4. The summed E-state index contributed by atoms with van der Waals surface area (Å²) < 4.78 is 7.23. The Balaban J connectivity index is 1.49. The molecule has 0 aliphatic carbocycles. The number of phenols is 1. The Bertz CT molecular complexity index is 1270. The van der Waals surface area contributed by atoms with Gasteiger partial charge in [-0.2, -0.15) is 0 Å². The maximum atomic E-state index is 12.3. The van der Waals surface area contributed by atoms with E-state index < -0.39 is 0 Å². The molecule has 1 amide bonds. The van der Waals surface area contributed by atoms with Gasteiger partial charge in [-0.3, -0.25) is 10.1 Å². The van der Waals surface area contributed by atoms with E-state index in [1.165, 1.54) is 0 Å². The van der Waals surface area contributed by atoms with Crippen LogP contribution in [0.5, 0.6) is 5.75 Å². The SMILES string of the molecule is O=C(NC(=S)Nc1ccc2oc(-c3ccc(O)c(Br)c3)nc2c1)c1ccc(Br)cc1. The molecular formula is C21H13Br2N3O3S. The van der Waals surface area contributed by atoms with Gasteiger partial charge in [-0.15, -0.1) is 0 Å². The van der Waals surface area contributed by atoms with Crippen LogP contribution in [0.3, 0.4) is 0 Å². The highest BCUT2D eigenvalue weighted by atomic mass is 79.9. The van der Waals surface area contributed by atoms with E-state index in [2.05, 4.69) is 47.5 Å². The Morgan fingerprint density at radius 2 is 1.80 bits per heavy atom. The van der Waals surface area contributed by atoms with Gasteiger partial charge in [0.2, 0.25) is 5.89 Å². The molecule has 150 valence electrons. The number of benzene rings is 3. The Morgan fingerprint density at radius 3 is 2.53 bits per heavy atom. The lowest BCUT2D eigenvalue weighted by atomic mass is 10.2. The van der Waals surface area contributed by atoms with Crippen LogP contribution in [0.1, 0.15) is 10.4 Å². The van der Waals surface area contributed by atoms with Crippen LogP contribution in [0.25, 0.3) is 22.6 Å². The number of aromatic hydroxyl groups is 1. The Hall–Kier alpha value is -2.75. The van der Waals surface area contributed by atoms with Crippen LogP contribution in [-0.2, 0) is 0 Å². The number of nitrogens with zero attached hydrogens (tertiary/aromatic N) is 1. The molecule has 0 bridgehead atoms. The fraction of sp³-hybridized carbons (Fsp3) is 0. The maximum absolute atomic E-state index is 12.3. The van der Waals surface area contributed by atoms with Crippen molar-refractivity contribution in [3.63, 3.8) is 0 Å². The van der Waals surface area contributed by atoms with Gasteiger partial charge < -0.3 is 14.8 Å². The molecule has 0 fully saturated rings. The number of carbonyl (C=O) groups excluding carboxylic acids is 1. The highest BCUT2D eigenvalue weighted by Gasteiger charge is 2.12. The average molecular weight is 547 g/mol. The van der Waals surface area contributed by atoms with Gasteiger partial charge in [0.15, 0.2) is 10.7 Å². The summed E-state index contributed by atoms with van der Waals surface area (Å²) in [6, 6.07) is 17.3. The average Bonchev–Trinajstić information content (AvgIpc) is 3.13. The molecule has 0 atom stereocenters. The second kappa shape index (κ2) is 8.55. The Kier molecular flexibility index (Phi) is 5.85. The van der Waals surface area contributed by atoms with Crippen LogP contribution in [0.4, 0.5) is 5.69 Å². The first kappa shape index (κ1) is 20.5. The molecule has 1 aromatic heterocycles. The number of nitrogens with one attached hydrogen (secondary N) is 2. The van der Waals surface area contributed by atoms with Crippen molar-refractivity contribution in [3.8, 4) is 17.2 Å². The number of aromatic nitrogens is 1. The molecule has 9 heteroatoms. The number of carbonyl (C=O) groups is 1.